The van der Waals surface area contributed by atoms with Crippen molar-refractivity contribution in [1.82, 2.24) is 0 Å². The molecule has 1 saturated heterocycles. The quantitative estimate of drug-likeness (QED) is 0.346. The monoisotopic (exact) mass is 447 g/mol. The van der Waals surface area contributed by atoms with Gasteiger partial charge in [0.1, 0.15) is 23.1 Å². The fourth-order valence-electron chi connectivity index (χ4n) is 4.06. The second kappa shape index (κ2) is 8.78. The summed E-state index contributed by atoms with van der Waals surface area (Å²) < 4.78 is 24.9. The van der Waals surface area contributed by atoms with Crippen LogP contribution in [0.5, 0.6) is 11.5 Å². The maximum absolute atomic E-state index is 14.1. The number of hydrogen-bond donors (Lipinski definition) is 1. The zero-order valence-corrected chi connectivity index (χ0v) is 18.3. The molecule has 1 heterocycles. The third-order valence-electron chi connectivity index (χ3n) is 5.57. The lowest BCUT2D eigenvalue weighted by molar-refractivity contribution is -0.132. The molecule has 1 atom stereocenters. The molecule has 7 heteroatoms. The molecule has 4 rings (SSSR count). The third-order valence-corrected chi connectivity index (χ3v) is 5.57. The highest BCUT2D eigenvalue weighted by molar-refractivity contribution is 6.51. The number of carbonyl (C=O) groups excluding carboxylic acids is 2. The summed E-state index contributed by atoms with van der Waals surface area (Å²) >= 11 is 0. The fourth-order valence-corrected chi connectivity index (χ4v) is 4.06. The highest BCUT2D eigenvalue weighted by atomic mass is 19.1. The van der Waals surface area contributed by atoms with E-state index in [0.717, 1.165) is 5.56 Å². The Morgan fingerprint density at radius 1 is 0.939 bits per heavy atom. The van der Waals surface area contributed by atoms with Crippen LogP contribution in [-0.4, -0.2) is 31.0 Å². The van der Waals surface area contributed by atoms with E-state index in [1.54, 1.807) is 42.5 Å². The van der Waals surface area contributed by atoms with Gasteiger partial charge in [0, 0.05) is 11.3 Å². The van der Waals surface area contributed by atoms with Crippen LogP contribution in [0, 0.1) is 12.7 Å². The highest BCUT2D eigenvalue weighted by Crippen LogP contribution is 2.45. The van der Waals surface area contributed by atoms with Gasteiger partial charge in [0.05, 0.1) is 31.4 Å². The molecule has 0 radical (unpaired) electrons. The van der Waals surface area contributed by atoms with Gasteiger partial charge in [-0.3, -0.25) is 14.5 Å². The number of aliphatic hydroxyl groups is 1. The number of benzene rings is 3. The molecule has 0 spiro atoms. The van der Waals surface area contributed by atoms with Gasteiger partial charge in [0.2, 0.25) is 0 Å². The highest BCUT2D eigenvalue weighted by Gasteiger charge is 2.48. The number of carbonyl (C=O) groups is 2. The first-order chi connectivity index (χ1) is 15.9. The molecule has 0 bridgehead atoms. The molecule has 33 heavy (non-hydrogen) atoms. The Labute approximate surface area is 190 Å². The Balaban J connectivity index is 2.03. The van der Waals surface area contributed by atoms with Crippen molar-refractivity contribution in [2.75, 3.05) is 19.1 Å². The number of aliphatic hydroxyl groups excluding tert-OH is 1. The van der Waals surface area contributed by atoms with Crippen molar-refractivity contribution in [1.29, 1.82) is 0 Å². The van der Waals surface area contributed by atoms with Crippen molar-refractivity contribution >= 4 is 23.1 Å². The van der Waals surface area contributed by atoms with Gasteiger partial charge >= 0.3 is 0 Å². The van der Waals surface area contributed by atoms with Crippen LogP contribution in [0.15, 0.2) is 72.3 Å². The predicted molar refractivity (Wildman–Crippen MR) is 122 cm³/mol. The van der Waals surface area contributed by atoms with Gasteiger partial charge in [-0.15, -0.1) is 0 Å². The van der Waals surface area contributed by atoms with Crippen molar-refractivity contribution in [2.45, 2.75) is 13.0 Å². The molecule has 3 aromatic carbocycles. The number of hydrogen-bond acceptors (Lipinski definition) is 5. The van der Waals surface area contributed by atoms with Gasteiger partial charge in [-0.05, 0) is 43.3 Å². The summed E-state index contributed by atoms with van der Waals surface area (Å²) in [6.45, 7) is 1.83. The number of rotatable bonds is 5. The minimum Gasteiger partial charge on any atom is -0.507 e. The molecule has 1 amide bonds. The second-order valence-corrected chi connectivity index (χ2v) is 7.59. The predicted octanol–water partition coefficient (Wildman–Crippen LogP) is 4.78. The second-order valence-electron chi connectivity index (χ2n) is 7.59. The number of ether oxygens (including phenoxy) is 2. The maximum Gasteiger partial charge on any atom is 0.300 e. The van der Waals surface area contributed by atoms with E-state index >= 15 is 0 Å². The summed E-state index contributed by atoms with van der Waals surface area (Å²) in [5.74, 6) is -1.97. The van der Waals surface area contributed by atoms with E-state index < -0.39 is 23.5 Å². The Kier molecular flexibility index (Phi) is 5.87. The molecule has 1 N–H and O–H groups in total. The van der Waals surface area contributed by atoms with E-state index in [1.165, 1.54) is 43.4 Å². The lowest BCUT2D eigenvalue weighted by atomic mass is 9.93. The van der Waals surface area contributed by atoms with E-state index in [4.69, 9.17) is 9.47 Å². The largest absolute Gasteiger partial charge is 0.507 e. The molecule has 3 aromatic rings. The van der Waals surface area contributed by atoms with Crippen molar-refractivity contribution in [2.24, 2.45) is 0 Å². The third kappa shape index (κ3) is 3.82. The smallest absolute Gasteiger partial charge is 0.300 e. The standard InChI is InChI=1S/C26H22FNO5/c1-15-11-12-21(33-3)19(13-15)24(29)22-23(18-9-4-5-10-20(18)32-2)28(26(31)25(22)30)17-8-6-7-16(27)14-17/h4-14,23,29H,1-3H3/b24-22+. The maximum atomic E-state index is 14.1. The summed E-state index contributed by atoms with van der Waals surface area (Å²) in [5.41, 5.74) is 1.61. The minimum absolute atomic E-state index is 0.141. The van der Waals surface area contributed by atoms with Crippen molar-refractivity contribution in [3.8, 4) is 11.5 Å². The van der Waals surface area contributed by atoms with Crippen LogP contribution < -0.4 is 14.4 Å². The summed E-state index contributed by atoms with van der Waals surface area (Å²) in [6, 6.07) is 16.4. The fraction of sp³-hybridized carbons (Fsp3) is 0.154. The summed E-state index contributed by atoms with van der Waals surface area (Å²) in [5, 5.41) is 11.3. The van der Waals surface area contributed by atoms with Gasteiger partial charge in [-0.2, -0.15) is 0 Å². The van der Waals surface area contributed by atoms with Crippen molar-refractivity contribution < 1.29 is 28.6 Å². The first-order valence-electron chi connectivity index (χ1n) is 10.2. The van der Waals surface area contributed by atoms with E-state index in [0.29, 0.717) is 17.1 Å². The number of para-hydroxylation sites is 1. The Morgan fingerprint density at radius 3 is 2.36 bits per heavy atom. The zero-order valence-electron chi connectivity index (χ0n) is 18.3. The molecule has 1 fully saturated rings. The van der Waals surface area contributed by atoms with Gasteiger partial charge in [0.15, 0.2) is 0 Å². The number of halogens is 1. The van der Waals surface area contributed by atoms with Gasteiger partial charge in [-0.1, -0.05) is 35.9 Å². The normalized spacial score (nSPS) is 17.3. The molecular weight excluding hydrogens is 425 g/mol. The van der Waals surface area contributed by atoms with Crippen molar-refractivity contribution in [3.63, 3.8) is 0 Å². The lowest BCUT2D eigenvalue weighted by Crippen LogP contribution is -2.29. The van der Waals surface area contributed by atoms with E-state index in [-0.39, 0.29) is 22.6 Å². The Morgan fingerprint density at radius 2 is 1.67 bits per heavy atom. The van der Waals surface area contributed by atoms with Crippen LogP contribution in [-0.2, 0) is 9.59 Å². The summed E-state index contributed by atoms with van der Waals surface area (Å²) in [6.07, 6.45) is 0. The molecule has 1 aliphatic heterocycles. The molecular formula is C26H22FNO5. The number of nitrogens with zero attached hydrogens (tertiary/aromatic N) is 1. The Hall–Kier alpha value is -4.13. The number of methoxy groups -OCH3 is 2. The molecule has 0 saturated carbocycles. The molecule has 0 aliphatic carbocycles. The lowest BCUT2D eigenvalue weighted by Gasteiger charge is -2.26. The number of ketones is 1. The van der Waals surface area contributed by atoms with Crippen LogP contribution >= 0.6 is 0 Å². The zero-order chi connectivity index (χ0) is 23.7. The molecule has 168 valence electrons. The number of Topliss-reactive ketones (excluding diaryl/α,β-unsaturated/α-hetero) is 1. The van der Waals surface area contributed by atoms with Crippen molar-refractivity contribution in [3.05, 3.63) is 94.8 Å². The van der Waals surface area contributed by atoms with Gasteiger partial charge in [-0.25, -0.2) is 4.39 Å². The van der Waals surface area contributed by atoms with Gasteiger partial charge < -0.3 is 14.6 Å². The molecule has 6 nitrogen and oxygen atoms in total. The molecule has 1 aliphatic rings. The number of aryl methyl sites for hydroxylation is 1. The van der Waals surface area contributed by atoms with E-state index in [1.807, 2.05) is 6.92 Å². The SMILES string of the molecule is COc1ccc(C)cc1/C(O)=C1\C(=O)C(=O)N(c2cccc(F)c2)C1c1ccccc1OC. The first-order valence-corrected chi connectivity index (χ1v) is 10.2. The van der Waals surface area contributed by atoms with Crippen LogP contribution in [0.25, 0.3) is 5.76 Å². The van der Waals surface area contributed by atoms with E-state index in [2.05, 4.69) is 0 Å². The first kappa shape index (κ1) is 22.1. The topological polar surface area (TPSA) is 76.1 Å². The number of anilines is 1. The number of amides is 1. The van der Waals surface area contributed by atoms with Crippen LogP contribution in [0.2, 0.25) is 0 Å². The molecule has 0 aromatic heterocycles. The minimum atomic E-state index is -1.05. The van der Waals surface area contributed by atoms with E-state index in [9.17, 15) is 19.1 Å². The average Bonchev–Trinajstić information content (AvgIpc) is 3.08. The summed E-state index contributed by atoms with van der Waals surface area (Å²) in [7, 11) is 2.92. The van der Waals surface area contributed by atoms with Crippen LogP contribution in [0.4, 0.5) is 10.1 Å². The van der Waals surface area contributed by atoms with Crippen LogP contribution in [0.3, 0.4) is 0 Å². The van der Waals surface area contributed by atoms with Gasteiger partial charge in [0.25, 0.3) is 11.7 Å². The average molecular weight is 447 g/mol. The van der Waals surface area contributed by atoms with Crippen LogP contribution in [0.1, 0.15) is 22.7 Å². The summed E-state index contributed by atoms with van der Waals surface area (Å²) in [4.78, 5) is 27.7. The molecule has 1 unspecified atom stereocenters. The Bertz CT molecular complexity index is 1280.